The second-order valence-corrected chi connectivity index (χ2v) is 4.58. The maximum atomic E-state index is 10.5. The minimum atomic E-state index is -0.767. The Balaban J connectivity index is 3.65. The van der Waals surface area contributed by atoms with Gasteiger partial charge in [0.25, 0.3) is 0 Å². The number of hydrogen-bond donors (Lipinski definition) is 1. The molecule has 0 aliphatic carbocycles. The molecule has 0 atom stereocenters. The lowest BCUT2D eigenvalue weighted by Gasteiger charge is -2.29. The maximum absolute atomic E-state index is 10.5. The van der Waals surface area contributed by atoms with E-state index in [1.54, 1.807) is 0 Å². The van der Waals surface area contributed by atoms with E-state index in [4.69, 9.17) is 5.11 Å². The van der Waals surface area contributed by atoms with Crippen molar-refractivity contribution in [1.29, 1.82) is 0 Å². The number of carbonyl (C=O) groups is 1. The molecule has 0 bridgehead atoms. The first-order chi connectivity index (χ1) is 6.88. The summed E-state index contributed by atoms with van der Waals surface area (Å²) in [4.78, 5) is 20.7. The van der Waals surface area contributed by atoms with Gasteiger partial charge in [-0.1, -0.05) is 6.42 Å². The summed E-state index contributed by atoms with van der Waals surface area (Å²) in [7, 11) is 0. The summed E-state index contributed by atoms with van der Waals surface area (Å²) < 4.78 is 0. The van der Waals surface area contributed by atoms with Crippen LogP contribution in [0.2, 0.25) is 0 Å². The highest BCUT2D eigenvalue weighted by Gasteiger charge is 2.19. The zero-order chi connectivity index (χ0) is 11.9. The van der Waals surface area contributed by atoms with E-state index in [-0.39, 0.29) is 12.0 Å². The summed E-state index contributed by atoms with van der Waals surface area (Å²) in [5, 5.41) is 12.9. The summed E-state index contributed by atoms with van der Waals surface area (Å²) in [5.41, 5.74) is -0.255. The average molecular weight is 216 g/mol. The molecule has 0 aliphatic rings. The van der Waals surface area contributed by atoms with Crippen molar-refractivity contribution in [3.63, 3.8) is 0 Å². The van der Waals surface area contributed by atoms with Crippen molar-refractivity contribution < 1.29 is 9.90 Å². The minimum Gasteiger partial charge on any atom is -0.481 e. The molecule has 0 amide bonds. The average Bonchev–Trinajstić information content (AvgIpc) is 2.08. The summed E-state index contributed by atoms with van der Waals surface area (Å²) in [6.45, 7) is 6.36. The van der Waals surface area contributed by atoms with Crippen molar-refractivity contribution in [3.8, 4) is 0 Å². The van der Waals surface area contributed by atoms with E-state index in [1.165, 1.54) is 5.01 Å². The lowest BCUT2D eigenvalue weighted by atomic mass is 10.1. The van der Waals surface area contributed by atoms with Gasteiger partial charge >= 0.3 is 5.97 Å². The van der Waals surface area contributed by atoms with Crippen molar-refractivity contribution in [2.24, 2.45) is 5.29 Å². The van der Waals surface area contributed by atoms with E-state index in [9.17, 15) is 9.70 Å². The molecule has 0 aliphatic heterocycles. The van der Waals surface area contributed by atoms with Crippen LogP contribution in [0.1, 0.15) is 46.5 Å². The Bertz CT molecular complexity index is 211. The zero-order valence-electron chi connectivity index (χ0n) is 9.69. The Hall–Kier alpha value is -1.13. The Morgan fingerprint density at radius 1 is 1.27 bits per heavy atom. The van der Waals surface area contributed by atoms with Crippen LogP contribution in [-0.2, 0) is 4.79 Å². The highest BCUT2D eigenvalue weighted by molar-refractivity contribution is 5.66. The van der Waals surface area contributed by atoms with Crippen LogP contribution in [-0.4, -0.2) is 28.2 Å². The maximum Gasteiger partial charge on any atom is 0.303 e. The van der Waals surface area contributed by atoms with Gasteiger partial charge in [0.1, 0.15) is 0 Å². The largest absolute Gasteiger partial charge is 0.481 e. The molecule has 15 heavy (non-hydrogen) atoms. The van der Waals surface area contributed by atoms with E-state index in [0.29, 0.717) is 13.0 Å². The van der Waals surface area contributed by atoms with Gasteiger partial charge < -0.3 is 5.11 Å². The molecule has 0 rings (SSSR count). The first-order valence-corrected chi connectivity index (χ1v) is 5.20. The number of carboxylic acid groups (broad SMARTS) is 1. The van der Waals surface area contributed by atoms with E-state index in [0.717, 1.165) is 12.8 Å². The molecule has 0 unspecified atom stereocenters. The summed E-state index contributed by atoms with van der Waals surface area (Å²) in [5.74, 6) is -0.767. The van der Waals surface area contributed by atoms with E-state index >= 15 is 0 Å². The number of unbranched alkanes of at least 4 members (excludes halogenated alkanes) is 2. The first kappa shape index (κ1) is 13.9. The molecular formula is C10H20N2O3. The van der Waals surface area contributed by atoms with Gasteiger partial charge in [0.2, 0.25) is 0 Å². The van der Waals surface area contributed by atoms with E-state index < -0.39 is 5.97 Å². The minimum absolute atomic E-state index is 0.198. The molecule has 0 spiro atoms. The van der Waals surface area contributed by atoms with Crippen LogP contribution >= 0.6 is 0 Å². The highest BCUT2D eigenvalue weighted by Crippen LogP contribution is 2.14. The van der Waals surface area contributed by atoms with Crippen LogP contribution in [0.3, 0.4) is 0 Å². The number of rotatable bonds is 7. The van der Waals surface area contributed by atoms with Crippen LogP contribution in [0.5, 0.6) is 0 Å². The van der Waals surface area contributed by atoms with Crippen molar-refractivity contribution in [1.82, 2.24) is 5.01 Å². The molecule has 0 heterocycles. The summed E-state index contributed by atoms with van der Waals surface area (Å²) in [6.07, 6.45) is 2.47. The van der Waals surface area contributed by atoms with Gasteiger partial charge in [-0.15, -0.1) is 4.91 Å². The van der Waals surface area contributed by atoms with Crippen LogP contribution in [0.4, 0.5) is 0 Å². The third-order valence-corrected chi connectivity index (χ3v) is 2.13. The number of nitroso groups, excluding NO2 is 1. The number of nitrogens with zero attached hydrogens (tertiary/aromatic N) is 2. The van der Waals surface area contributed by atoms with Gasteiger partial charge in [-0.25, -0.2) is 0 Å². The molecule has 88 valence electrons. The quantitative estimate of drug-likeness (QED) is 0.403. The van der Waals surface area contributed by atoms with Crippen LogP contribution < -0.4 is 0 Å². The second-order valence-electron chi connectivity index (χ2n) is 4.58. The van der Waals surface area contributed by atoms with Gasteiger partial charge in [0, 0.05) is 13.0 Å². The third kappa shape index (κ3) is 6.88. The van der Waals surface area contributed by atoms with Gasteiger partial charge in [-0.3, -0.25) is 9.80 Å². The summed E-state index contributed by atoms with van der Waals surface area (Å²) >= 11 is 0. The number of aliphatic carboxylic acids is 1. The van der Waals surface area contributed by atoms with Gasteiger partial charge in [-0.2, -0.15) is 0 Å². The number of hydrogen-bond acceptors (Lipinski definition) is 3. The Morgan fingerprint density at radius 2 is 1.87 bits per heavy atom. The monoisotopic (exact) mass is 216 g/mol. The molecule has 0 aromatic heterocycles. The lowest BCUT2D eigenvalue weighted by Crippen LogP contribution is -2.37. The molecule has 0 aromatic rings. The normalized spacial score (nSPS) is 11.1. The first-order valence-electron chi connectivity index (χ1n) is 5.20. The Labute approximate surface area is 90.4 Å². The zero-order valence-corrected chi connectivity index (χ0v) is 9.69. The molecule has 1 N–H and O–H groups in total. The number of carboxylic acids is 1. The lowest BCUT2D eigenvalue weighted by molar-refractivity contribution is -0.137. The smallest absolute Gasteiger partial charge is 0.303 e. The fourth-order valence-electron chi connectivity index (χ4n) is 1.21. The topological polar surface area (TPSA) is 70.0 Å². The fraction of sp³-hybridized carbons (Fsp3) is 0.900. The van der Waals surface area contributed by atoms with Crippen molar-refractivity contribution in [2.75, 3.05) is 6.54 Å². The van der Waals surface area contributed by atoms with Gasteiger partial charge in [0.05, 0.1) is 10.8 Å². The second kappa shape index (κ2) is 6.37. The molecule has 0 fully saturated rings. The predicted octanol–water partition coefficient (Wildman–Crippen LogP) is 2.41. The third-order valence-electron chi connectivity index (χ3n) is 2.13. The molecule has 0 aromatic carbocycles. The van der Waals surface area contributed by atoms with Crippen LogP contribution in [0.15, 0.2) is 5.29 Å². The summed E-state index contributed by atoms with van der Waals surface area (Å²) in [6, 6.07) is 0. The van der Waals surface area contributed by atoms with Crippen molar-refractivity contribution in [2.45, 2.75) is 52.0 Å². The highest BCUT2D eigenvalue weighted by atomic mass is 16.4. The molecule has 5 nitrogen and oxygen atoms in total. The van der Waals surface area contributed by atoms with Crippen molar-refractivity contribution in [3.05, 3.63) is 4.91 Å². The molecular weight excluding hydrogens is 196 g/mol. The molecule has 0 saturated heterocycles. The van der Waals surface area contributed by atoms with Gasteiger partial charge in [-0.05, 0) is 33.6 Å². The van der Waals surface area contributed by atoms with Crippen molar-refractivity contribution >= 4 is 5.97 Å². The molecule has 0 radical (unpaired) electrons. The Kier molecular flexibility index (Phi) is 5.89. The van der Waals surface area contributed by atoms with Crippen LogP contribution in [0, 0.1) is 4.91 Å². The van der Waals surface area contributed by atoms with E-state index in [2.05, 4.69) is 5.29 Å². The molecule has 0 saturated carbocycles. The van der Waals surface area contributed by atoms with Crippen LogP contribution in [0.25, 0.3) is 0 Å². The SMILES string of the molecule is CC(C)(C)N(CCCCCC(=O)O)N=O. The van der Waals surface area contributed by atoms with E-state index in [1.807, 2.05) is 20.8 Å². The standard InChI is InChI=1S/C10H20N2O3/c1-10(2,3)12(11-15)8-6-4-5-7-9(13)14/h4-8H2,1-3H3,(H,13,14). The van der Waals surface area contributed by atoms with Gasteiger partial charge in [0.15, 0.2) is 0 Å². The fourth-order valence-corrected chi connectivity index (χ4v) is 1.21. The Morgan fingerprint density at radius 3 is 2.27 bits per heavy atom. The molecule has 5 heteroatoms. The predicted molar refractivity (Wildman–Crippen MR) is 58.4 cm³/mol.